The molecule has 1 amide bonds. The smallest absolute Gasteiger partial charge is 0.253 e. The summed E-state index contributed by atoms with van der Waals surface area (Å²) in [4.78, 5) is 22.2. The fourth-order valence-electron chi connectivity index (χ4n) is 5.04. The number of nitrogens with zero attached hydrogens (tertiary/aromatic N) is 4. The van der Waals surface area contributed by atoms with Crippen molar-refractivity contribution in [2.24, 2.45) is 0 Å². The molecule has 1 unspecified atom stereocenters. The third-order valence-electron chi connectivity index (χ3n) is 7.12. The Morgan fingerprint density at radius 2 is 1.77 bits per heavy atom. The van der Waals surface area contributed by atoms with Crippen molar-refractivity contribution >= 4 is 42.6 Å². The Balaban J connectivity index is 1.24. The molecule has 2 fully saturated rings. The van der Waals surface area contributed by atoms with Gasteiger partial charge in [-0.25, -0.2) is 13.4 Å². The van der Waals surface area contributed by atoms with E-state index in [4.69, 9.17) is 4.98 Å². The van der Waals surface area contributed by atoms with Gasteiger partial charge in [-0.3, -0.25) is 4.79 Å². The zero-order chi connectivity index (χ0) is 24.6. The number of carbonyl (C=O) groups is 1. The Bertz CT molecular complexity index is 1310. The summed E-state index contributed by atoms with van der Waals surface area (Å²) >= 11 is 1.69. The van der Waals surface area contributed by atoms with Crippen molar-refractivity contribution in [2.45, 2.75) is 50.5 Å². The van der Waals surface area contributed by atoms with Gasteiger partial charge in [0.05, 0.1) is 15.1 Å². The first-order chi connectivity index (χ1) is 16.9. The lowest BCUT2D eigenvalue weighted by atomic mass is 10.0. The first-order valence-electron chi connectivity index (χ1n) is 12.4. The predicted molar refractivity (Wildman–Crippen MR) is 141 cm³/mol. The first kappa shape index (κ1) is 24.2. The number of amides is 1. The van der Waals surface area contributed by atoms with Crippen LogP contribution in [0, 0.1) is 6.92 Å². The van der Waals surface area contributed by atoms with Gasteiger partial charge in [-0.15, -0.1) is 0 Å². The fraction of sp³-hybridized carbons (Fsp3) is 0.462. The van der Waals surface area contributed by atoms with Crippen LogP contribution >= 0.6 is 11.3 Å². The highest BCUT2D eigenvalue weighted by Crippen LogP contribution is 2.30. The average Bonchev–Trinajstić information content (AvgIpc) is 3.31. The maximum Gasteiger partial charge on any atom is 0.253 e. The number of piperazine rings is 1. The Hall–Kier alpha value is -2.49. The van der Waals surface area contributed by atoms with E-state index < -0.39 is 10.0 Å². The monoisotopic (exact) mass is 512 g/mol. The zero-order valence-electron chi connectivity index (χ0n) is 20.3. The predicted octanol–water partition coefficient (Wildman–Crippen LogP) is 4.52. The van der Waals surface area contributed by atoms with E-state index in [-0.39, 0.29) is 16.8 Å². The van der Waals surface area contributed by atoms with E-state index in [1.54, 1.807) is 39.9 Å². The van der Waals surface area contributed by atoms with Crippen LogP contribution in [0.25, 0.3) is 10.2 Å². The summed E-state index contributed by atoms with van der Waals surface area (Å²) in [6.45, 7) is 7.37. The minimum atomic E-state index is -3.55. The van der Waals surface area contributed by atoms with Crippen molar-refractivity contribution < 1.29 is 13.2 Å². The molecule has 0 N–H and O–H groups in total. The molecule has 2 saturated heterocycles. The van der Waals surface area contributed by atoms with Crippen molar-refractivity contribution in [3.8, 4) is 0 Å². The van der Waals surface area contributed by atoms with Gasteiger partial charge in [0.1, 0.15) is 0 Å². The summed E-state index contributed by atoms with van der Waals surface area (Å²) in [6.07, 6.45) is 3.70. The molecule has 0 bridgehead atoms. The highest BCUT2D eigenvalue weighted by molar-refractivity contribution is 7.89. The normalized spacial score (nSPS) is 19.9. The van der Waals surface area contributed by atoms with E-state index >= 15 is 0 Å². The van der Waals surface area contributed by atoms with Crippen molar-refractivity contribution in [1.82, 2.24) is 14.2 Å². The van der Waals surface area contributed by atoms with Gasteiger partial charge in [-0.1, -0.05) is 30.7 Å². The minimum absolute atomic E-state index is 0.0575. The molecule has 2 aromatic carbocycles. The second kappa shape index (κ2) is 9.87. The van der Waals surface area contributed by atoms with Gasteiger partial charge < -0.3 is 9.80 Å². The number of hydrogen-bond donors (Lipinski definition) is 0. The molecule has 3 heterocycles. The third kappa shape index (κ3) is 4.81. The lowest BCUT2D eigenvalue weighted by Crippen LogP contribution is -2.48. The standard InChI is InChI=1S/C26H32N4O3S2/c1-3-21-6-4-5-13-30(21)35(32,33)22-10-8-20(9-11-22)25(31)28-14-16-29(17-15-28)26-27-23-12-7-19(2)18-24(23)34-26/h7-12,18,21H,3-6,13-17H2,1-2H3. The maximum absolute atomic E-state index is 13.2. The van der Waals surface area contributed by atoms with Crippen LogP contribution in [0.5, 0.6) is 0 Å². The summed E-state index contributed by atoms with van der Waals surface area (Å²) in [5, 5.41) is 0.996. The van der Waals surface area contributed by atoms with Crippen LogP contribution in [-0.2, 0) is 10.0 Å². The van der Waals surface area contributed by atoms with E-state index in [1.165, 1.54) is 10.3 Å². The molecule has 1 aromatic heterocycles. The number of sulfonamides is 1. The summed E-state index contributed by atoms with van der Waals surface area (Å²) in [5.74, 6) is -0.0575. The Labute approximate surface area is 211 Å². The number of aryl methyl sites for hydroxylation is 1. The number of carbonyl (C=O) groups excluding carboxylic acids is 1. The Morgan fingerprint density at radius 3 is 2.49 bits per heavy atom. The van der Waals surface area contributed by atoms with Gasteiger partial charge in [0.2, 0.25) is 10.0 Å². The van der Waals surface area contributed by atoms with Gasteiger partial charge >= 0.3 is 0 Å². The number of aromatic nitrogens is 1. The number of benzene rings is 2. The van der Waals surface area contributed by atoms with Crippen LogP contribution < -0.4 is 4.90 Å². The summed E-state index contributed by atoms with van der Waals surface area (Å²) in [7, 11) is -3.55. The number of fused-ring (bicyclic) bond motifs is 1. The van der Waals surface area contributed by atoms with Crippen LogP contribution in [0.1, 0.15) is 48.5 Å². The molecule has 9 heteroatoms. The van der Waals surface area contributed by atoms with Crippen molar-refractivity contribution in [2.75, 3.05) is 37.6 Å². The average molecular weight is 513 g/mol. The summed E-state index contributed by atoms with van der Waals surface area (Å²) in [5.41, 5.74) is 2.76. The van der Waals surface area contributed by atoms with Crippen LogP contribution in [0.3, 0.4) is 0 Å². The molecule has 2 aliphatic rings. The number of anilines is 1. The lowest BCUT2D eigenvalue weighted by molar-refractivity contribution is 0.0746. The highest BCUT2D eigenvalue weighted by Gasteiger charge is 2.32. The molecule has 3 aromatic rings. The Morgan fingerprint density at radius 1 is 1.03 bits per heavy atom. The molecule has 186 valence electrons. The van der Waals surface area contributed by atoms with Gasteiger partial charge in [0.25, 0.3) is 5.91 Å². The molecule has 0 saturated carbocycles. The topological polar surface area (TPSA) is 73.8 Å². The van der Waals surface area contributed by atoms with Gasteiger partial charge in [0.15, 0.2) is 5.13 Å². The molecule has 0 radical (unpaired) electrons. The Kier molecular flexibility index (Phi) is 6.83. The van der Waals surface area contributed by atoms with E-state index in [1.807, 2.05) is 11.8 Å². The van der Waals surface area contributed by atoms with E-state index in [9.17, 15) is 13.2 Å². The molecule has 0 aliphatic carbocycles. The van der Waals surface area contributed by atoms with Gasteiger partial charge in [-0.2, -0.15) is 4.31 Å². The van der Waals surface area contributed by atoms with Gasteiger partial charge in [-0.05, 0) is 68.1 Å². The largest absolute Gasteiger partial charge is 0.345 e. The molecular formula is C26H32N4O3S2. The second-order valence-electron chi connectivity index (χ2n) is 9.44. The lowest BCUT2D eigenvalue weighted by Gasteiger charge is -2.35. The highest BCUT2D eigenvalue weighted by atomic mass is 32.2. The molecule has 5 rings (SSSR count). The number of hydrogen-bond acceptors (Lipinski definition) is 6. The molecule has 2 aliphatic heterocycles. The van der Waals surface area contributed by atoms with Gasteiger partial charge in [0, 0.05) is 44.3 Å². The van der Waals surface area contributed by atoms with E-state index in [2.05, 4.69) is 30.0 Å². The second-order valence-corrected chi connectivity index (χ2v) is 12.3. The number of rotatable bonds is 5. The minimum Gasteiger partial charge on any atom is -0.345 e. The maximum atomic E-state index is 13.2. The van der Waals surface area contributed by atoms with Crippen LogP contribution in [0.4, 0.5) is 5.13 Å². The molecule has 0 spiro atoms. The number of thiazole rings is 1. The van der Waals surface area contributed by atoms with Crippen molar-refractivity contribution in [3.63, 3.8) is 0 Å². The van der Waals surface area contributed by atoms with Crippen LogP contribution in [-0.4, -0.2) is 67.3 Å². The van der Waals surface area contributed by atoms with Crippen LogP contribution in [0.15, 0.2) is 47.4 Å². The summed E-state index contributed by atoms with van der Waals surface area (Å²) < 4.78 is 29.3. The zero-order valence-corrected chi connectivity index (χ0v) is 21.9. The first-order valence-corrected chi connectivity index (χ1v) is 14.7. The quantitative estimate of drug-likeness (QED) is 0.503. The molecule has 1 atom stereocenters. The third-order valence-corrected chi connectivity index (χ3v) is 10.2. The molecule has 35 heavy (non-hydrogen) atoms. The van der Waals surface area contributed by atoms with Crippen molar-refractivity contribution in [3.05, 3.63) is 53.6 Å². The molecule has 7 nitrogen and oxygen atoms in total. The fourth-order valence-corrected chi connectivity index (χ4v) is 7.92. The summed E-state index contributed by atoms with van der Waals surface area (Å²) in [6, 6.07) is 12.8. The molecular weight excluding hydrogens is 480 g/mol. The van der Waals surface area contributed by atoms with E-state index in [0.29, 0.717) is 25.2 Å². The van der Waals surface area contributed by atoms with Crippen molar-refractivity contribution in [1.29, 1.82) is 0 Å². The number of piperidine rings is 1. The van der Waals surface area contributed by atoms with Crippen LogP contribution in [0.2, 0.25) is 0 Å². The van der Waals surface area contributed by atoms with E-state index in [0.717, 1.165) is 49.4 Å². The SMILES string of the molecule is CCC1CCCCN1S(=O)(=O)c1ccc(C(=O)N2CCN(c3nc4ccc(C)cc4s3)CC2)cc1.